The van der Waals surface area contributed by atoms with Gasteiger partial charge in [-0.3, -0.25) is 14.5 Å². The van der Waals surface area contributed by atoms with Crippen molar-refractivity contribution < 1.29 is 23.9 Å². The number of anilines is 1. The molecule has 1 aliphatic heterocycles. The molecule has 0 radical (unpaired) electrons. The topological polar surface area (TPSA) is 97.0 Å². The predicted molar refractivity (Wildman–Crippen MR) is 107 cm³/mol. The molecule has 1 saturated heterocycles. The van der Waals surface area contributed by atoms with E-state index in [1.807, 2.05) is 6.92 Å². The van der Waals surface area contributed by atoms with E-state index in [2.05, 4.69) is 10.6 Å². The summed E-state index contributed by atoms with van der Waals surface area (Å²) in [5.74, 6) is 0.161. The molecule has 0 aromatic heterocycles. The van der Waals surface area contributed by atoms with Gasteiger partial charge in [0, 0.05) is 0 Å². The Morgan fingerprint density at radius 2 is 1.79 bits per heavy atom. The first kappa shape index (κ1) is 20.2. The van der Waals surface area contributed by atoms with E-state index < -0.39 is 29.9 Å². The van der Waals surface area contributed by atoms with Crippen LogP contribution in [0, 0.1) is 6.92 Å². The minimum atomic E-state index is -1.27. The predicted octanol–water partition coefficient (Wildman–Crippen LogP) is 2.42. The summed E-state index contributed by atoms with van der Waals surface area (Å²) in [7, 11) is 3.05. The molecule has 0 bridgehead atoms. The van der Waals surface area contributed by atoms with Gasteiger partial charge in [0.05, 0.1) is 19.9 Å². The Balaban J connectivity index is 1.78. The number of benzene rings is 2. The molecule has 8 heteroatoms. The van der Waals surface area contributed by atoms with E-state index in [9.17, 15) is 14.4 Å². The average molecular weight is 397 g/mol. The maximum Gasteiger partial charge on any atom is 0.325 e. The van der Waals surface area contributed by atoms with Crippen molar-refractivity contribution in [2.24, 2.45) is 0 Å². The van der Waals surface area contributed by atoms with Gasteiger partial charge < -0.3 is 20.1 Å². The first-order valence-corrected chi connectivity index (χ1v) is 9.02. The molecule has 2 aromatic carbocycles. The third-order valence-corrected chi connectivity index (χ3v) is 4.93. The summed E-state index contributed by atoms with van der Waals surface area (Å²) < 4.78 is 10.4. The van der Waals surface area contributed by atoms with Gasteiger partial charge in [-0.2, -0.15) is 0 Å². The van der Waals surface area contributed by atoms with E-state index in [4.69, 9.17) is 9.47 Å². The highest BCUT2D eigenvalue weighted by Gasteiger charge is 2.49. The molecule has 2 N–H and O–H groups in total. The molecule has 8 nitrogen and oxygen atoms in total. The summed E-state index contributed by atoms with van der Waals surface area (Å²) in [6.07, 6.45) is 0. The van der Waals surface area contributed by atoms with Crippen LogP contribution < -0.4 is 20.1 Å². The van der Waals surface area contributed by atoms with Crippen LogP contribution in [0.25, 0.3) is 0 Å². The molecular weight excluding hydrogens is 374 g/mol. The van der Waals surface area contributed by atoms with Gasteiger partial charge in [-0.05, 0) is 49.2 Å². The average Bonchev–Trinajstić information content (AvgIpc) is 2.92. The molecule has 152 valence electrons. The van der Waals surface area contributed by atoms with Crippen LogP contribution in [0.4, 0.5) is 10.5 Å². The SMILES string of the molecule is COc1ccc(C2(C)NC(=O)N(CC(=O)Nc3ccccc3OC)C2=O)cc1C. The number of hydrogen-bond donors (Lipinski definition) is 2. The molecular formula is C21H23N3O5. The van der Waals surface area contributed by atoms with Gasteiger partial charge in [0.25, 0.3) is 5.91 Å². The number of para-hydroxylation sites is 2. The number of carbonyl (C=O) groups excluding carboxylic acids is 3. The Labute approximate surface area is 168 Å². The molecule has 1 aliphatic rings. The van der Waals surface area contributed by atoms with Crippen molar-refractivity contribution in [2.75, 3.05) is 26.1 Å². The van der Waals surface area contributed by atoms with Gasteiger partial charge in [0.15, 0.2) is 0 Å². The minimum Gasteiger partial charge on any atom is -0.496 e. The standard InChI is InChI=1S/C21H23N3O5/c1-13-11-14(9-10-16(13)28-3)21(2)19(26)24(20(27)23-21)12-18(25)22-15-7-5-6-8-17(15)29-4/h5-11H,12H2,1-4H3,(H,22,25)(H,23,27). The Hall–Kier alpha value is -3.55. The molecule has 2 aromatic rings. The zero-order valence-electron chi connectivity index (χ0n) is 16.7. The summed E-state index contributed by atoms with van der Waals surface area (Å²) in [4.78, 5) is 38.8. The third kappa shape index (κ3) is 3.73. The fraction of sp³-hybridized carbons (Fsp3) is 0.286. The van der Waals surface area contributed by atoms with Gasteiger partial charge >= 0.3 is 6.03 Å². The van der Waals surface area contributed by atoms with Crippen molar-refractivity contribution >= 4 is 23.5 Å². The second kappa shape index (κ2) is 7.83. The van der Waals surface area contributed by atoms with Crippen LogP contribution in [0.3, 0.4) is 0 Å². The monoisotopic (exact) mass is 397 g/mol. The van der Waals surface area contributed by atoms with Crippen LogP contribution in [0.5, 0.6) is 11.5 Å². The zero-order valence-corrected chi connectivity index (χ0v) is 16.7. The minimum absolute atomic E-state index is 0.409. The Kier molecular flexibility index (Phi) is 5.45. The van der Waals surface area contributed by atoms with Crippen LogP contribution >= 0.6 is 0 Å². The molecule has 29 heavy (non-hydrogen) atoms. The maximum absolute atomic E-state index is 13.0. The van der Waals surface area contributed by atoms with Crippen LogP contribution in [-0.2, 0) is 15.1 Å². The van der Waals surface area contributed by atoms with E-state index >= 15 is 0 Å². The van der Waals surface area contributed by atoms with Crippen molar-refractivity contribution in [3.63, 3.8) is 0 Å². The van der Waals surface area contributed by atoms with Crippen molar-refractivity contribution in [1.29, 1.82) is 0 Å². The fourth-order valence-electron chi connectivity index (χ4n) is 3.31. The van der Waals surface area contributed by atoms with Crippen LogP contribution in [-0.4, -0.2) is 43.5 Å². The first-order valence-electron chi connectivity index (χ1n) is 9.02. The highest BCUT2D eigenvalue weighted by molar-refractivity contribution is 6.10. The van der Waals surface area contributed by atoms with E-state index in [0.717, 1.165) is 10.5 Å². The van der Waals surface area contributed by atoms with Crippen LogP contribution in [0.2, 0.25) is 0 Å². The second-order valence-corrected chi connectivity index (χ2v) is 6.88. The third-order valence-electron chi connectivity index (χ3n) is 4.93. The summed E-state index contributed by atoms with van der Waals surface area (Å²) in [5.41, 5.74) is 0.641. The molecule has 1 heterocycles. The van der Waals surface area contributed by atoms with E-state index in [1.54, 1.807) is 56.5 Å². The van der Waals surface area contributed by atoms with Gasteiger partial charge in [-0.25, -0.2) is 4.79 Å². The molecule has 1 unspecified atom stereocenters. The van der Waals surface area contributed by atoms with Crippen LogP contribution in [0.1, 0.15) is 18.1 Å². The summed E-state index contributed by atoms with van der Waals surface area (Å²) in [6.45, 7) is 3.06. The second-order valence-electron chi connectivity index (χ2n) is 6.88. The van der Waals surface area contributed by atoms with Crippen molar-refractivity contribution in [2.45, 2.75) is 19.4 Å². The van der Waals surface area contributed by atoms with Gasteiger partial charge in [-0.1, -0.05) is 18.2 Å². The normalized spacial score (nSPS) is 18.4. The summed E-state index contributed by atoms with van der Waals surface area (Å²) >= 11 is 0. The van der Waals surface area contributed by atoms with Gasteiger partial charge in [0.1, 0.15) is 23.6 Å². The van der Waals surface area contributed by atoms with Crippen molar-refractivity contribution in [3.8, 4) is 11.5 Å². The van der Waals surface area contributed by atoms with E-state index in [-0.39, 0.29) is 0 Å². The lowest BCUT2D eigenvalue weighted by Crippen LogP contribution is -2.42. The zero-order chi connectivity index (χ0) is 21.2. The molecule has 1 atom stereocenters. The number of hydrogen-bond acceptors (Lipinski definition) is 5. The summed E-state index contributed by atoms with van der Waals surface area (Å²) in [5, 5.41) is 5.36. The number of imide groups is 1. The van der Waals surface area contributed by atoms with Gasteiger partial charge in [0.2, 0.25) is 5.91 Å². The molecule has 0 spiro atoms. The fourth-order valence-corrected chi connectivity index (χ4v) is 3.31. The number of methoxy groups -OCH3 is 2. The highest BCUT2D eigenvalue weighted by atomic mass is 16.5. The molecule has 3 rings (SSSR count). The van der Waals surface area contributed by atoms with Gasteiger partial charge in [-0.15, -0.1) is 0 Å². The number of aryl methyl sites for hydroxylation is 1. The number of amides is 4. The number of rotatable bonds is 6. The number of nitrogens with zero attached hydrogens (tertiary/aromatic N) is 1. The molecule has 0 saturated carbocycles. The largest absolute Gasteiger partial charge is 0.496 e. The van der Waals surface area contributed by atoms with E-state index in [1.165, 1.54) is 7.11 Å². The molecule has 1 fully saturated rings. The lowest BCUT2D eigenvalue weighted by molar-refractivity contribution is -0.133. The smallest absolute Gasteiger partial charge is 0.325 e. The lowest BCUT2D eigenvalue weighted by atomic mass is 9.90. The number of nitrogens with one attached hydrogen (secondary N) is 2. The Morgan fingerprint density at radius 3 is 2.45 bits per heavy atom. The number of ether oxygens (including phenoxy) is 2. The number of carbonyl (C=O) groups is 3. The first-order chi connectivity index (χ1) is 13.8. The Morgan fingerprint density at radius 1 is 1.10 bits per heavy atom. The van der Waals surface area contributed by atoms with Crippen molar-refractivity contribution in [3.05, 3.63) is 53.6 Å². The highest BCUT2D eigenvalue weighted by Crippen LogP contribution is 2.32. The van der Waals surface area contributed by atoms with Crippen LogP contribution in [0.15, 0.2) is 42.5 Å². The summed E-state index contributed by atoms with van der Waals surface area (Å²) in [6, 6.07) is 11.5. The molecule has 0 aliphatic carbocycles. The molecule has 4 amide bonds. The van der Waals surface area contributed by atoms with Crippen molar-refractivity contribution in [1.82, 2.24) is 10.2 Å². The van der Waals surface area contributed by atoms with E-state index in [0.29, 0.717) is 22.7 Å². The Bertz CT molecular complexity index is 975. The quantitative estimate of drug-likeness (QED) is 0.730. The lowest BCUT2D eigenvalue weighted by Gasteiger charge is -2.23. The number of urea groups is 1. The maximum atomic E-state index is 13.0.